The zero-order chi connectivity index (χ0) is 17.2. The highest BCUT2D eigenvalue weighted by Crippen LogP contribution is 2.45. The number of methoxy groups -OCH3 is 1. The first-order chi connectivity index (χ1) is 11.4. The zero-order valence-corrected chi connectivity index (χ0v) is 13.9. The van der Waals surface area contributed by atoms with Crippen LogP contribution in [0, 0.1) is 5.41 Å². The lowest BCUT2D eigenvalue weighted by Gasteiger charge is -2.43. The van der Waals surface area contributed by atoms with Crippen LogP contribution in [0.25, 0.3) is 0 Å². The molecule has 5 nitrogen and oxygen atoms in total. The summed E-state index contributed by atoms with van der Waals surface area (Å²) in [6.07, 6.45) is 3.44. The Bertz CT molecular complexity index is 584. The van der Waals surface area contributed by atoms with E-state index in [2.05, 4.69) is 4.98 Å². The SMILES string of the molecule is COCCN1CC[C@@]2(CN(Cc3ccncc3)CC(F)(F)C2)C1=O. The summed E-state index contributed by atoms with van der Waals surface area (Å²) < 4.78 is 33.7. The van der Waals surface area contributed by atoms with Crippen molar-refractivity contribution in [2.24, 2.45) is 5.41 Å². The largest absolute Gasteiger partial charge is 0.383 e. The molecule has 24 heavy (non-hydrogen) atoms. The van der Waals surface area contributed by atoms with E-state index < -0.39 is 11.3 Å². The quantitative estimate of drug-likeness (QED) is 0.820. The van der Waals surface area contributed by atoms with Crippen LogP contribution in [0.2, 0.25) is 0 Å². The van der Waals surface area contributed by atoms with E-state index >= 15 is 0 Å². The molecule has 0 N–H and O–H groups in total. The van der Waals surface area contributed by atoms with E-state index in [1.165, 1.54) is 0 Å². The molecule has 3 rings (SSSR count). The number of halogens is 2. The molecule has 2 fully saturated rings. The number of likely N-dealkylation sites (tertiary alicyclic amines) is 2. The molecule has 1 spiro atoms. The van der Waals surface area contributed by atoms with Gasteiger partial charge in [-0.05, 0) is 24.1 Å². The van der Waals surface area contributed by atoms with E-state index in [1.807, 2.05) is 12.1 Å². The number of aromatic nitrogens is 1. The van der Waals surface area contributed by atoms with Crippen LogP contribution in [0.4, 0.5) is 8.78 Å². The number of nitrogens with zero attached hydrogens (tertiary/aromatic N) is 3. The Morgan fingerprint density at radius 3 is 2.75 bits per heavy atom. The minimum Gasteiger partial charge on any atom is -0.383 e. The number of piperidine rings is 1. The standard InChI is InChI=1S/C17H23F2N3O2/c1-24-9-8-22-7-4-16(15(22)23)11-17(18,19)13-21(12-16)10-14-2-5-20-6-3-14/h2-3,5-6H,4,7-13H2,1H3/t16-/m1/s1. The number of hydrogen-bond acceptors (Lipinski definition) is 4. The fourth-order valence-electron chi connectivity index (χ4n) is 3.89. The van der Waals surface area contributed by atoms with Gasteiger partial charge in [0.15, 0.2) is 0 Å². The molecule has 0 bridgehead atoms. The monoisotopic (exact) mass is 339 g/mol. The third-order valence-electron chi connectivity index (χ3n) is 4.90. The summed E-state index contributed by atoms with van der Waals surface area (Å²) in [6, 6.07) is 3.64. The van der Waals surface area contributed by atoms with Gasteiger partial charge in [-0.15, -0.1) is 0 Å². The van der Waals surface area contributed by atoms with Crippen molar-refractivity contribution in [1.82, 2.24) is 14.8 Å². The van der Waals surface area contributed by atoms with Crippen molar-refractivity contribution in [3.8, 4) is 0 Å². The van der Waals surface area contributed by atoms with Gasteiger partial charge in [0.05, 0.1) is 18.6 Å². The second-order valence-electron chi connectivity index (χ2n) is 6.85. The van der Waals surface area contributed by atoms with Crippen molar-refractivity contribution in [1.29, 1.82) is 0 Å². The van der Waals surface area contributed by atoms with Gasteiger partial charge in [-0.2, -0.15) is 0 Å². The van der Waals surface area contributed by atoms with E-state index in [4.69, 9.17) is 4.74 Å². The Hall–Kier alpha value is -1.60. The molecule has 2 saturated heterocycles. The van der Waals surface area contributed by atoms with Gasteiger partial charge >= 0.3 is 0 Å². The van der Waals surface area contributed by atoms with Gasteiger partial charge in [0.1, 0.15) is 0 Å². The van der Waals surface area contributed by atoms with E-state index in [1.54, 1.807) is 29.3 Å². The lowest BCUT2D eigenvalue weighted by atomic mass is 9.77. The van der Waals surface area contributed by atoms with Crippen LogP contribution in [0.3, 0.4) is 0 Å². The summed E-state index contributed by atoms with van der Waals surface area (Å²) in [6.45, 7) is 1.91. The van der Waals surface area contributed by atoms with Crippen LogP contribution in [-0.4, -0.2) is 66.5 Å². The molecule has 0 aliphatic carbocycles. The maximum atomic E-state index is 14.4. The highest BCUT2D eigenvalue weighted by molar-refractivity contribution is 5.85. The molecule has 132 valence electrons. The molecular formula is C17H23F2N3O2. The van der Waals surface area contributed by atoms with Crippen molar-refractivity contribution in [2.45, 2.75) is 25.3 Å². The predicted molar refractivity (Wildman–Crippen MR) is 84.6 cm³/mol. The van der Waals surface area contributed by atoms with Crippen LogP contribution in [0.15, 0.2) is 24.5 Å². The van der Waals surface area contributed by atoms with Crippen LogP contribution in [0.5, 0.6) is 0 Å². The van der Waals surface area contributed by atoms with E-state index in [-0.39, 0.29) is 18.9 Å². The number of rotatable bonds is 5. The number of pyridine rings is 1. The normalized spacial score (nSPS) is 27.1. The molecule has 2 aliphatic rings. The van der Waals surface area contributed by atoms with E-state index in [0.717, 1.165) is 5.56 Å². The summed E-state index contributed by atoms with van der Waals surface area (Å²) in [4.78, 5) is 20.1. The smallest absolute Gasteiger partial charge is 0.261 e. The first kappa shape index (κ1) is 17.2. The number of carbonyl (C=O) groups excluding carboxylic acids is 1. The predicted octanol–water partition coefficient (Wildman–Crippen LogP) is 1.79. The second-order valence-corrected chi connectivity index (χ2v) is 6.85. The fraction of sp³-hybridized carbons (Fsp3) is 0.647. The Morgan fingerprint density at radius 1 is 1.29 bits per heavy atom. The van der Waals surface area contributed by atoms with Gasteiger partial charge in [-0.3, -0.25) is 14.7 Å². The first-order valence-corrected chi connectivity index (χ1v) is 8.22. The Kier molecular flexibility index (Phi) is 4.83. The van der Waals surface area contributed by atoms with E-state index in [9.17, 15) is 13.6 Å². The molecule has 1 amide bonds. The Morgan fingerprint density at radius 2 is 2.04 bits per heavy atom. The molecule has 7 heteroatoms. The molecular weight excluding hydrogens is 316 g/mol. The molecule has 1 aromatic heterocycles. The van der Waals surface area contributed by atoms with Crippen molar-refractivity contribution in [3.05, 3.63) is 30.1 Å². The number of ether oxygens (including phenoxy) is 1. The molecule has 1 atom stereocenters. The number of carbonyl (C=O) groups is 1. The van der Waals surface area contributed by atoms with Crippen LogP contribution in [0.1, 0.15) is 18.4 Å². The Balaban J connectivity index is 1.75. The minimum atomic E-state index is -2.85. The van der Waals surface area contributed by atoms with Crippen molar-refractivity contribution < 1.29 is 18.3 Å². The highest BCUT2D eigenvalue weighted by atomic mass is 19.3. The van der Waals surface area contributed by atoms with Crippen molar-refractivity contribution >= 4 is 5.91 Å². The van der Waals surface area contributed by atoms with Gasteiger partial charge in [-0.1, -0.05) is 0 Å². The van der Waals surface area contributed by atoms with Gasteiger partial charge in [0, 0.05) is 52.1 Å². The lowest BCUT2D eigenvalue weighted by molar-refractivity contribution is -0.155. The molecule has 0 aromatic carbocycles. The number of hydrogen-bond donors (Lipinski definition) is 0. The van der Waals surface area contributed by atoms with Crippen LogP contribution in [-0.2, 0) is 16.1 Å². The summed E-state index contributed by atoms with van der Waals surface area (Å²) >= 11 is 0. The number of alkyl halides is 2. The number of amides is 1. The highest BCUT2D eigenvalue weighted by Gasteiger charge is 2.56. The van der Waals surface area contributed by atoms with Gasteiger partial charge in [0.25, 0.3) is 5.92 Å². The third kappa shape index (κ3) is 3.57. The average Bonchev–Trinajstić information content (AvgIpc) is 2.80. The molecule has 2 aliphatic heterocycles. The van der Waals surface area contributed by atoms with Gasteiger partial charge < -0.3 is 9.64 Å². The van der Waals surface area contributed by atoms with Crippen LogP contribution >= 0.6 is 0 Å². The maximum Gasteiger partial charge on any atom is 0.261 e. The van der Waals surface area contributed by atoms with Crippen molar-refractivity contribution in [3.63, 3.8) is 0 Å². The molecule has 3 heterocycles. The first-order valence-electron chi connectivity index (χ1n) is 8.22. The molecule has 0 radical (unpaired) electrons. The van der Waals surface area contributed by atoms with Gasteiger partial charge in [-0.25, -0.2) is 8.78 Å². The Labute approximate surface area is 140 Å². The summed E-state index contributed by atoms with van der Waals surface area (Å²) in [5.41, 5.74) is -0.0396. The molecule has 0 unspecified atom stereocenters. The topological polar surface area (TPSA) is 45.7 Å². The zero-order valence-electron chi connectivity index (χ0n) is 13.9. The third-order valence-corrected chi connectivity index (χ3v) is 4.90. The van der Waals surface area contributed by atoms with Crippen LogP contribution < -0.4 is 0 Å². The average molecular weight is 339 g/mol. The summed E-state index contributed by atoms with van der Waals surface area (Å²) in [5, 5.41) is 0. The maximum absolute atomic E-state index is 14.4. The molecule has 0 saturated carbocycles. The summed E-state index contributed by atoms with van der Waals surface area (Å²) in [5.74, 6) is -3.00. The second kappa shape index (κ2) is 6.72. The van der Waals surface area contributed by atoms with Crippen molar-refractivity contribution in [2.75, 3.05) is 39.9 Å². The summed E-state index contributed by atoms with van der Waals surface area (Å²) in [7, 11) is 1.57. The van der Waals surface area contributed by atoms with Gasteiger partial charge in [0.2, 0.25) is 5.91 Å². The minimum absolute atomic E-state index is 0.154. The fourth-order valence-corrected chi connectivity index (χ4v) is 3.89. The lowest BCUT2D eigenvalue weighted by Crippen LogP contribution is -2.55. The molecule has 1 aromatic rings. The van der Waals surface area contributed by atoms with E-state index in [0.29, 0.717) is 39.2 Å².